The molecule has 0 saturated heterocycles. The number of rotatable bonds is 7. The van der Waals surface area contributed by atoms with Crippen LogP contribution in [0.1, 0.15) is 68.2 Å². The van der Waals surface area contributed by atoms with E-state index in [9.17, 15) is 4.79 Å². The van der Waals surface area contributed by atoms with E-state index in [-0.39, 0.29) is 17.0 Å². The van der Waals surface area contributed by atoms with Gasteiger partial charge in [-0.15, -0.1) is 0 Å². The minimum Gasteiger partial charge on any atom is -0.459 e. The Bertz CT molecular complexity index is 281. The molecule has 0 amide bonds. The minimum atomic E-state index is -0.562. The van der Waals surface area contributed by atoms with Gasteiger partial charge in [-0.3, -0.25) is 4.79 Å². The van der Waals surface area contributed by atoms with Crippen molar-refractivity contribution in [2.24, 2.45) is 5.41 Å². The van der Waals surface area contributed by atoms with E-state index < -0.39 is 5.60 Å². The quantitative estimate of drug-likeness (QED) is 0.649. The van der Waals surface area contributed by atoms with Crippen LogP contribution in [0.3, 0.4) is 0 Å². The van der Waals surface area contributed by atoms with Crippen LogP contribution >= 0.6 is 0 Å². The molecule has 0 saturated carbocycles. The van der Waals surface area contributed by atoms with Crippen LogP contribution < -0.4 is 0 Å². The Kier molecular flexibility index (Phi) is 5.86. The first-order valence-corrected chi connectivity index (χ1v) is 6.93. The second-order valence-corrected chi connectivity index (χ2v) is 5.97. The smallest absolute Gasteiger partial charge is 0.306 e. The van der Waals surface area contributed by atoms with Crippen molar-refractivity contribution in [1.29, 1.82) is 0 Å². The number of carbonyl (C=O) groups is 1. The normalized spacial score (nSPS) is 16.2. The molecule has 1 atom stereocenters. The van der Waals surface area contributed by atoms with Crippen molar-refractivity contribution in [1.82, 2.24) is 0 Å². The Hall–Kier alpha value is -0.570. The van der Waals surface area contributed by atoms with Crippen molar-refractivity contribution >= 4 is 5.97 Å². The van der Waals surface area contributed by atoms with E-state index in [1.807, 2.05) is 27.7 Å². The van der Waals surface area contributed by atoms with Crippen LogP contribution in [0.25, 0.3) is 0 Å². The van der Waals surface area contributed by atoms with Gasteiger partial charge in [-0.2, -0.15) is 0 Å². The van der Waals surface area contributed by atoms with E-state index in [4.69, 9.17) is 9.47 Å². The fraction of sp³-hybridized carbons (Fsp3) is 0.933. The van der Waals surface area contributed by atoms with Crippen molar-refractivity contribution < 1.29 is 14.3 Å². The maximum absolute atomic E-state index is 11.6. The van der Waals surface area contributed by atoms with Gasteiger partial charge in [0, 0.05) is 18.4 Å². The number of ether oxygens (including phenoxy) is 2. The molecule has 18 heavy (non-hydrogen) atoms. The van der Waals surface area contributed by atoms with Gasteiger partial charge in [-0.25, -0.2) is 0 Å². The molecule has 1 unspecified atom stereocenters. The van der Waals surface area contributed by atoms with E-state index in [1.54, 1.807) is 0 Å². The summed E-state index contributed by atoms with van der Waals surface area (Å²) in [5.74, 6) is -0.160. The van der Waals surface area contributed by atoms with Crippen molar-refractivity contribution in [2.75, 3.05) is 6.61 Å². The summed E-state index contributed by atoms with van der Waals surface area (Å²) in [6.07, 6.45) is 1.28. The van der Waals surface area contributed by atoms with Gasteiger partial charge in [0.2, 0.25) is 0 Å². The van der Waals surface area contributed by atoms with Crippen molar-refractivity contribution in [3.05, 3.63) is 0 Å². The third-order valence-electron chi connectivity index (χ3n) is 4.53. The zero-order valence-corrected chi connectivity index (χ0v) is 13.3. The highest BCUT2D eigenvalue weighted by Gasteiger charge is 2.53. The van der Waals surface area contributed by atoms with Crippen LogP contribution in [0, 0.1) is 5.41 Å². The molecule has 3 heteroatoms. The standard InChI is InChI=1S/C15H30O3/c1-9-12(16)18-14(6,7)15(8,10-2)13(4,5)17-11-3/h9-11H2,1-8H3. The maximum atomic E-state index is 11.6. The van der Waals surface area contributed by atoms with E-state index in [1.165, 1.54) is 0 Å². The maximum Gasteiger partial charge on any atom is 0.306 e. The summed E-state index contributed by atoms with van der Waals surface area (Å²) in [5.41, 5.74) is -1.16. The van der Waals surface area contributed by atoms with E-state index in [2.05, 4.69) is 27.7 Å². The van der Waals surface area contributed by atoms with Gasteiger partial charge in [0.25, 0.3) is 0 Å². The molecule has 108 valence electrons. The summed E-state index contributed by atoms with van der Waals surface area (Å²) in [6, 6.07) is 0. The first-order valence-electron chi connectivity index (χ1n) is 6.93. The first kappa shape index (κ1) is 17.4. The average molecular weight is 258 g/mol. The van der Waals surface area contributed by atoms with Crippen LogP contribution in [0.4, 0.5) is 0 Å². The molecule has 0 aromatic heterocycles. The van der Waals surface area contributed by atoms with E-state index in [0.717, 1.165) is 6.42 Å². The number of hydrogen-bond acceptors (Lipinski definition) is 3. The summed E-state index contributed by atoms with van der Waals surface area (Å²) in [6.45, 7) is 16.8. The van der Waals surface area contributed by atoms with Crippen LogP contribution in [-0.4, -0.2) is 23.8 Å². The summed E-state index contributed by atoms with van der Waals surface area (Å²) in [5, 5.41) is 0. The molecule has 0 aromatic carbocycles. The molecule has 0 fully saturated rings. The Balaban J connectivity index is 5.30. The molecule has 0 spiro atoms. The molecule has 0 rings (SSSR count). The fourth-order valence-electron chi connectivity index (χ4n) is 2.57. The third-order valence-corrected chi connectivity index (χ3v) is 4.53. The fourth-order valence-corrected chi connectivity index (χ4v) is 2.57. The molecule has 0 N–H and O–H groups in total. The van der Waals surface area contributed by atoms with Crippen LogP contribution in [0.15, 0.2) is 0 Å². The second-order valence-electron chi connectivity index (χ2n) is 5.97. The van der Waals surface area contributed by atoms with Gasteiger partial charge in [0.05, 0.1) is 5.60 Å². The van der Waals surface area contributed by atoms with Crippen LogP contribution in [0.2, 0.25) is 0 Å². The summed E-state index contributed by atoms with van der Waals surface area (Å²) < 4.78 is 11.6. The number of hydrogen-bond donors (Lipinski definition) is 0. The molecule has 0 heterocycles. The van der Waals surface area contributed by atoms with Gasteiger partial charge in [0.1, 0.15) is 5.60 Å². The van der Waals surface area contributed by atoms with Gasteiger partial charge in [-0.05, 0) is 41.0 Å². The van der Waals surface area contributed by atoms with Gasteiger partial charge < -0.3 is 9.47 Å². The molecular formula is C15H30O3. The van der Waals surface area contributed by atoms with E-state index >= 15 is 0 Å². The Morgan fingerprint density at radius 2 is 1.44 bits per heavy atom. The molecule has 3 nitrogen and oxygen atoms in total. The Morgan fingerprint density at radius 1 is 0.944 bits per heavy atom. The summed E-state index contributed by atoms with van der Waals surface area (Å²) in [7, 11) is 0. The van der Waals surface area contributed by atoms with Crippen LogP contribution in [0.5, 0.6) is 0 Å². The zero-order valence-electron chi connectivity index (χ0n) is 13.3. The monoisotopic (exact) mass is 258 g/mol. The number of carbonyl (C=O) groups excluding carboxylic acids is 1. The molecule has 0 aliphatic heterocycles. The highest BCUT2D eigenvalue weighted by Crippen LogP contribution is 2.48. The summed E-state index contributed by atoms with van der Waals surface area (Å²) >= 11 is 0. The lowest BCUT2D eigenvalue weighted by atomic mass is 9.63. The predicted octanol–water partition coefficient (Wildman–Crippen LogP) is 3.95. The second kappa shape index (κ2) is 6.05. The molecule has 0 bridgehead atoms. The van der Waals surface area contributed by atoms with Gasteiger partial charge in [0.15, 0.2) is 0 Å². The topological polar surface area (TPSA) is 35.5 Å². The van der Waals surface area contributed by atoms with Crippen molar-refractivity contribution in [3.8, 4) is 0 Å². The predicted molar refractivity (Wildman–Crippen MR) is 74.6 cm³/mol. The molecule has 0 radical (unpaired) electrons. The zero-order chi connectivity index (χ0) is 14.6. The molecule has 0 aromatic rings. The van der Waals surface area contributed by atoms with Gasteiger partial charge in [-0.1, -0.05) is 20.8 Å². The van der Waals surface area contributed by atoms with Gasteiger partial charge >= 0.3 is 5.97 Å². The summed E-state index contributed by atoms with van der Waals surface area (Å²) in [4.78, 5) is 11.6. The minimum absolute atomic E-state index is 0.160. The van der Waals surface area contributed by atoms with E-state index in [0.29, 0.717) is 13.0 Å². The van der Waals surface area contributed by atoms with Crippen molar-refractivity contribution in [2.45, 2.75) is 79.4 Å². The molecular weight excluding hydrogens is 228 g/mol. The molecule has 0 aliphatic rings. The SMILES string of the molecule is CCOC(C)(C)C(C)(CC)C(C)(C)OC(=O)CC. The number of esters is 1. The van der Waals surface area contributed by atoms with Crippen molar-refractivity contribution in [3.63, 3.8) is 0 Å². The lowest BCUT2D eigenvalue weighted by Gasteiger charge is -2.52. The lowest BCUT2D eigenvalue weighted by Crippen LogP contribution is -2.57. The Labute approximate surface area is 112 Å². The average Bonchev–Trinajstić information content (AvgIpc) is 2.26. The molecule has 0 aliphatic carbocycles. The Morgan fingerprint density at radius 3 is 1.78 bits per heavy atom. The highest BCUT2D eigenvalue weighted by atomic mass is 16.6. The largest absolute Gasteiger partial charge is 0.459 e. The highest BCUT2D eigenvalue weighted by molar-refractivity contribution is 5.69. The lowest BCUT2D eigenvalue weighted by molar-refractivity contribution is -0.208. The first-order chi connectivity index (χ1) is 8.08. The third kappa shape index (κ3) is 3.25. The van der Waals surface area contributed by atoms with Crippen LogP contribution in [-0.2, 0) is 14.3 Å².